The molecule has 8 heteroatoms. The maximum Gasteiger partial charge on any atom is 0.416 e. The Morgan fingerprint density at radius 1 is 0.857 bits per heavy atom. The van der Waals surface area contributed by atoms with Gasteiger partial charge in [0, 0.05) is 13.1 Å². The van der Waals surface area contributed by atoms with Crippen LogP contribution in [-0.4, -0.2) is 24.1 Å². The number of benzene rings is 3. The molecule has 0 bridgehead atoms. The number of carbonyl (C=O) groups excluding carboxylic acids is 1. The van der Waals surface area contributed by atoms with Gasteiger partial charge in [-0.15, -0.1) is 0 Å². The second kappa shape index (κ2) is 10.2. The number of amides is 1. The van der Waals surface area contributed by atoms with E-state index in [0.717, 1.165) is 17.7 Å². The Morgan fingerprint density at radius 3 is 2.06 bits per heavy atom. The second-order valence-electron chi connectivity index (χ2n) is 8.24. The van der Waals surface area contributed by atoms with Crippen LogP contribution in [0.3, 0.4) is 0 Å². The lowest BCUT2D eigenvalue weighted by atomic mass is 9.87. The average molecular weight is 483 g/mol. The number of nitrogens with two attached hydrogens (primary N) is 1. The Bertz CT molecular complexity index is 1170. The smallest absolute Gasteiger partial charge is 0.416 e. The Balaban J connectivity index is 1.64. The van der Waals surface area contributed by atoms with Crippen LogP contribution in [0.15, 0.2) is 97.0 Å². The molecule has 1 atom stereocenters. The first-order valence-electron chi connectivity index (χ1n) is 11.1. The van der Waals surface area contributed by atoms with Crippen molar-refractivity contribution in [2.24, 2.45) is 5.73 Å². The van der Waals surface area contributed by atoms with Crippen LogP contribution in [0.1, 0.15) is 22.3 Å². The summed E-state index contributed by atoms with van der Waals surface area (Å²) in [5.41, 5.74) is 6.52. The monoisotopic (exact) mass is 482 g/mol. The van der Waals surface area contributed by atoms with Gasteiger partial charge < -0.3 is 20.1 Å². The summed E-state index contributed by atoms with van der Waals surface area (Å²) in [6.45, 7) is 0.456. The number of hydrogen-bond donors (Lipinski definition) is 1. The predicted octanol–water partition coefficient (Wildman–Crippen LogP) is 4.98. The van der Waals surface area contributed by atoms with Crippen LogP contribution in [0.2, 0.25) is 0 Å². The molecule has 3 aromatic rings. The van der Waals surface area contributed by atoms with Gasteiger partial charge in [-0.3, -0.25) is 4.79 Å². The molecule has 182 valence electrons. The van der Waals surface area contributed by atoms with E-state index in [-0.39, 0.29) is 25.6 Å². The van der Waals surface area contributed by atoms with Crippen LogP contribution in [0.25, 0.3) is 0 Å². The van der Waals surface area contributed by atoms with E-state index in [9.17, 15) is 18.0 Å². The third-order valence-electron chi connectivity index (χ3n) is 5.88. The largest absolute Gasteiger partial charge is 0.462 e. The van der Waals surface area contributed by atoms with Crippen molar-refractivity contribution in [2.75, 3.05) is 13.3 Å². The van der Waals surface area contributed by atoms with Crippen molar-refractivity contribution in [2.45, 2.75) is 24.7 Å². The molecule has 1 aliphatic rings. The van der Waals surface area contributed by atoms with Crippen LogP contribution >= 0.6 is 0 Å². The van der Waals surface area contributed by atoms with Gasteiger partial charge >= 0.3 is 6.18 Å². The second-order valence-corrected chi connectivity index (χ2v) is 8.24. The molecule has 0 aromatic heterocycles. The van der Waals surface area contributed by atoms with Crippen molar-refractivity contribution in [3.63, 3.8) is 0 Å². The van der Waals surface area contributed by atoms with Crippen LogP contribution in [0.5, 0.6) is 0 Å². The van der Waals surface area contributed by atoms with Crippen molar-refractivity contribution >= 4 is 5.91 Å². The molecule has 35 heavy (non-hydrogen) atoms. The fourth-order valence-corrected chi connectivity index (χ4v) is 3.95. The zero-order valence-corrected chi connectivity index (χ0v) is 18.9. The molecule has 1 amide bonds. The standard InChI is InChI=1S/C27H25F3N2O3/c28-27(29,30)23-13-11-20(12-14-23)15-16-32(17-21-7-3-1-4-8-21)25(33)26(31,24-18-34-19-35-24)22-9-5-2-6-10-22/h1-14,18H,15-17,19,31H2. The van der Waals surface area contributed by atoms with Crippen LogP contribution in [0.4, 0.5) is 13.2 Å². The van der Waals surface area contributed by atoms with Gasteiger partial charge in [-0.25, -0.2) is 0 Å². The summed E-state index contributed by atoms with van der Waals surface area (Å²) in [5.74, 6) is -0.211. The molecule has 1 unspecified atom stereocenters. The van der Waals surface area contributed by atoms with E-state index < -0.39 is 23.2 Å². The molecule has 0 fully saturated rings. The van der Waals surface area contributed by atoms with E-state index in [1.165, 1.54) is 18.4 Å². The van der Waals surface area contributed by atoms with E-state index in [1.807, 2.05) is 36.4 Å². The molecule has 1 heterocycles. The van der Waals surface area contributed by atoms with Gasteiger partial charge in [-0.2, -0.15) is 13.2 Å². The summed E-state index contributed by atoms with van der Waals surface area (Å²) in [6, 6.07) is 23.2. The lowest BCUT2D eigenvalue weighted by Crippen LogP contribution is -2.54. The van der Waals surface area contributed by atoms with E-state index >= 15 is 0 Å². The van der Waals surface area contributed by atoms with Gasteiger partial charge in [0.2, 0.25) is 6.79 Å². The first-order chi connectivity index (χ1) is 16.8. The van der Waals surface area contributed by atoms with Crippen LogP contribution < -0.4 is 5.73 Å². The SMILES string of the molecule is NC(C(=O)N(CCc1ccc(C(F)(F)F)cc1)Cc1ccccc1)(C1=COCO1)c1ccccc1. The van der Waals surface area contributed by atoms with Gasteiger partial charge in [-0.1, -0.05) is 72.8 Å². The first-order valence-corrected chi connectivity index (χ1v) is 11.1. The highest BCUT2D eigenvalue weighted by molar-refractivity contribution is 5.90. The molecule has 3 aromatic carbocycles. The minimum Gasteiger partial charge on any atom is -0.462 e. The summed E-state index contributed by atoms with van der Waals surface area (Å²) in [5, 5.41) is 0. The topological polar surface area (TPSA) is 64.8 Å². The van der Waals surface area contributed by atoms with Gasteiger partial charge in [-0.05, 0) is 35.2 Å². The molecular weight excluding hydrogens is 457 g/mol. The number of carbonyl (C=O) groups is 1. The Hall–Kier alpha value is -3.78. The Labute approximate surface area is 201 Å². The van der Waals surface area contributed by atoms with Gasteiger partial charge in [0.1, 0.15) is 6.26 Å². The lowest BCUT2D eigenvalue weighted by Gasteiger charge is -2.34. The molecule has 0 spiro atoms. The number of rotatable bonds is 8. The Morgan fingerprint density at radius 2 is 1.49 bits per heavy atom. The van der Waals surface area contributed by atoms with Crippen LogP contribution in [0, 0.1) is 0 Å². The minimum absolute atomic E-state index is 0.0430. The number of nitrogens with zero attached hydrogens (tertiary/aromatic N) is 1. The first kappa shape index (κ1) is 24.3. The summed E-state index contributed by atoms with van der Waals surface area (Å²) < 4.78 is 49.6. The highest BCUT2D eigenvalue weighted by atomic mass is 19.4. The lowest BCUT2D eigenvalue weighted by molar-refractivity contribution is -0.138. The molecule has 0 saturated heterocycles. The minimum atomic E-state index is -4.40. The highest BCUT2D eigenvalue weighted by Crippen LogP contribution is 2.33. The zero-order chi connectivity index (χ0) is 24.9. The average Bonchev–Trinajstić information content (AvgIpc) is 3.42. The molecule has 0 radical (unpaired) electrons. The fourth-order valence-electron chi connectivity index (χ4n) is 3.95. The van der Waals surface area contributed by atoms with E-state index in [4.69, 9.17) is 15.2 Å². The number of halogens is 3. The zero-order valence-electron chi connectivity index (χ0n) is 18.9. The third kappa shape index (κ3) is 5.49. The maximum atomic E-state index is 14.0. The number of alkyl halides is 3. The van der Waals surface area contributed by atoms with Crippen molar-refractivity contribution < 1.29 is 27.4 Å². The van der Waals surface area contributed by atoms with Crippen LogP contribution in [-0.2, 0) is 38.9 Å². The highest BCUT2D eigenvalue weighted by Gasteiger charge is 2.46. The van der Waals surface area contributed by atoms with E-state index in [2.05, 4.69) is 0 Å². The number of hydrogen-bond acceptors (Lipinski definition) is 4. The molecule has 5 nitrogen and oxygen atoms in total. The van der Waals surface area contributed by atoms with Gasteiger partial charge in [0.05, 0.1) is 5.56 Å². The van der Waals surface area contributed by atoms with Crippen molar-refractivity contribution in [1.29, 1.82) is 0 Å². The molecular formula is C27H25F3N2O3. The molecule has 4 rings (SSSR count). The van der Waals surface area contributed by atoms with E-state index in [0.29, 0.717) is 17.5 Å². The third-order valence-corrected chi connectivity index (χ3v) is 5.88. The Kier molecular flexibility index (Phi) is 7.12. The van der Waals surface area contributed by atoms with Gasteiger partial charge in [0.25, 0.3) is 5.91 Å². The fraction of sp³-hybridized carbons (Fsp3) is 0.222. The van der Waals surface area contributed by atoms with E-state index in [1.54, 1.807) is 29.2 Å². The summed E-state index contributed by atoms with van der Waals surface area (Å²) >= 11 is 0. The van der Waals surface area contributed by atoms with Crippen molar-refractivity contribution in [3.8, 4) is 0 Å². The molecule has 1 aliphatic heterocycles. The molecule has 0 saturated carbocycles. The quantitative estimate of drug-likeness (QED) is 0.492. The normalized spacial score (nSPS) is 14.9. The summed E-state index contributed by atoms with van der Waals surface area (Å²) in [4.78, 5) is 15.6. The molecule has 2 N–H and O–H groups in total. The maximum absolute atomic E-state index is 14.0. The van der Waals surface area contributed by atoms with Gasteiger partial charge in [0.15, 0.2) is 11.3 Å². The predicted molar refractivity (Wildman–Crippen MR) is 124 cm³/mol. The molecule has 0 aliphatic carbocycles. The summed E-state index contributed by atoms with van der Waals surface area (Å²) in [7, 11) is 0. The number of ether oxygens (including phenoxy) is 2. The summed E-state index contributed by atoms with van der Waals surface area (Å²) in [6.07, 6.45) is -2.71. The van der Waals surface area contributed by atoms with Crippen molar-refractivity contribution in [3.05, 3.63) is 119 Å². The van der Waals surface area contributed by atoms with Crippen molar-refractivity contribution in [1.82, 2.24) is 4.90 Å².